The van der Waals surface area contributed by atoms with Crippen molar-refractivity contribution in [2.75, 3.05) is 19.8 Å². The number of thiophene rings is 1. The standard InChI is InChI=1S/C11H18BrNO4S2/c1-4-16-11(17-5-2)7-13-19(14,15)9-6-10(12)18-8(9)3/h6,11,13H,4-5,7H2,1-3H3. The molecule has 0 saturated carbocycles. The molecule has 0 aliphatic heterocycles. The lowest BCUT2D eigenvalue weighted by Crippen LogP contribution is -2.35. The number of hydrogen-bond acceptors (Lipinski definition) is 5. The number of rotatable bonds is 8. The number of nitrogens with one attached hydrogen (secondary N) is 1. The van der Waals surface area contributed by atoms with Crippen LogP contribution in [0.3, 0.4) is 0 Å². The van der Waals surface area contributed by atoms with Gasteiger partial charge in [-0.2, -0.15) is 0 Å². The molecule has 0 atom stereocenters. The number of aryl methyl sites for hydroxylation is 1. The second kappa shape index (κ2) is 7.70. The van der Waals surface area contributed by atoms with Crippen molar-refractivity contribution in [3.8, 4) is 0 Å². The summed E-state index contributed by atoms with van der Waals surface area (Å²) in [4.78, 5) is 1.03. The highest BCUT2D eigenvalue weighted by molar-refractivity contribution is 9.11. The highest BCUT2D eigenvalue weighted by atomic mass is 79.9. The Bertz CT molecular complexity index is 495. The van der Waals surface area contributed by atoms with Crippen molar-refractivity contribution in [2.24, 2.45) is 0 Å². The summed E-state index contributed by atoms with van der Waals surface area (Å²) in [6.07, 6.45) is -0.563. The van der Waals surface area contributed by atoms with Crippen molar-refractivity contribution in [1.29, 1.82) is 0 Å². The lowest BCUT2D eigenvalue weighted by Gasteiger charge is -2.17. The monoisotopic (exact) mass is 371 g/mol. The molecular weight excluding hydrogens is 354 g/mol. The van der Waals surface area contributed by atoms with Crippen molar-refractivity contribution in [1.82, 2.24) is 4.72 Å². The number of ether oxygens (including phenoxy) is 2. The SMILES string of the molecule is CCOC(CNS(=O)(=O)c1cc(Br)sc1C)OCC. The van der Waals surface area contributed by atoms with E-state index in [2.05, 4.69) is 20.7 Å². The third-order valence-corrected chi connectivity index (χ3v) is 5.51. The van der Waals surface area contributed by atoms with Crippen molar-refractivity contribution >= 4 is 37.3 Å². The van der Waals surface area contributed by atoms with E-state index in [1.807, 2.05) is 13.8 Å². The fourth-order valence-electron chi connectivity index (χ4n) is 1.49. The third kappa shape index (κ3) is 5.13. The molecule has 110 valence electrons. The maximum absolute atomic E-state index is 12.1. The Kier molecular flexibility index (Phi) is 6.92. The minimum atomic E-state index is -3.53. The summed E-state index contributed by atoms with van der Waals surface area (Å²) in [5.41, 5.74) is 0. The fraction of sp³-hybridized carbons (Fsp3) is 0.636. The van der Waals surface area contributed by atoms with E-state index in [9.17, 15) is 8.42 Å². The van der Waals surface area contributed by atoms with Gasteiger partial charge in [0, 0.05) is 18.1 Å². The molecule has 1 N–H and O–H groups in total. The van der Waals surface area contributed by atoms with Gasteiger partial charge in [-0.15, -0.1) is 11.3 Å². The average Bonchev–Trinajstić information content (AvgIpc) is 2.67. The van der Waals surface area contributed by atoms with Crippen LogP contribution in [-0.2, 0) is 19.5 Å². The molecule has 5 nitrogen and oxygen atoms in total. The molecule has 0 saturated heterocycles. The first-order valence-corrected chi connectivity index (χ1v) is 8.98. The van der Waals surface area contributed by atoms with Crippen LogP contribution >= 0.6 is 27.3 Å². The molecule has 0 amide bonds. The van der Waals surface area contributed by atoms with Gasteiger partial charge < -0.3 is 9.47 Å². The number of hydrogen-bond donors (Lipinski definition) is 1. The molecular formula is C11H18BrNO4S2. The quantitative estimate of drug-likeness (QED) is 0.713. The third-order valence-electron chi connectivity index (χ3n) is 2.28. The highest BCUT2D eigenvalue weighted by Crippen LogP contribution is 2.29. The van der Waals surface area contributed by atoms with E-state index < -0.39 is 16.3 Å². The summed E-state index contributed by atoms with van der Waals surface area (Å²) in [6.45, 7) is 6.47. The van der Waals surface area contributed by atoms with E-state index in [0.717, 1.165) is 8.66 Å². The topological polar surface area (TPSA) is 64.6 Å². The average molecular weight is 372 g/mol. The van der Waals surface area contributed by atoms with Gasteiger partial charge in [0.05, 0.1) is 15.2 Å². The van der Waals surface area contributed by atoms with Gasteiger partial charge in [0.1, 0.15) is 0 Å². The van der Waals surface area contributed by atoms with Gasteiger partial charge in [-0.25, -0.2) is 13.1 Å². The fourth-order valence-corrected chi connectivity index (χ4v) is 4.92. The van der Waals surface area contributed by atoms with Gasteiger partial charge in [-0.05, 0) is 42.8 Å². The molecule has 1 aromatic rings. The molecule has 1 heterocycles. The Morgan fingerprint density at radius 2 is 1.95 bits per heavy atom. The summed E-state index contributed by atoms with van der Waals surface area (Å²) in [5.74, 6) is 0. The van der Waals surface area contributed by atoms with E-state index in [0.29, 0.717) is 13.2 Å². The van der Waals surface area contributed by atoms with Crippen LogP contribution in [0.1, 0.15) is 18.7 Å². The molecule has 1 rings (SSSR count). The summed E-state index contributed by atoms with van der Waals surface area (Å²) in [7, 11) is -3.53. The van der Waals surface area contributed by atoms with Crippen LogP contribution in [0.2, 0.25) is 0 Å². The lowest BCUT2D eigenvalue weighted by atomic mass is 10.5. The second-order valence-corrected chi connectivity index (χ2v) is 8.03. The minimum absolute atomic E-state index is 0.0942. The summed E-state index contributed by atoms with van der Waals surface area (Å²) in [5, 5.41) is 0. The first kappa shape index (κ1) is 17.1. The van der Waals surface area contributed by atoms with Crippen LogP contribution in [-0.4, -0.2) is 34.5 Å². The van der Waals surface area contributed by atoms with E-state index in [4.69, 9.17) is 9.47 Å². The maximum Gasteiger partial charge on any atom is 0.241 e. The van der Waals surface area contributed by atoms with Gasteiger partial charge in [0.15, 0.2) is 6.29 Å². The van der Waals surface area contributed by atoms with Gasteiger partial charge >= 0.3 is 0 Å². The number of sulfonamides is 1. The minimum Gasteiger partial charge on any atom is -0.352 e. The predicted molar refractivity (Wildman–Crippen MR) is 79.0 cm³/mol. The Morgan fingerprint density at radius 3 is 2.37 bits per heavy atom. The van der Waals surface area contributed by atoms with Crippen molar-refractivity contribution in [2.45, 2.75) is 32.0 Å². The van der Waals surface area contributed by atoms with E-state index in [-0.39, 0.29) is 11.4 Å². The molecule has 19 heavy (non-hydrogen) atoms. The van der Waals surface area contributed by atoms with Crippen LogP contribution in [0.5, 0.6) is 0 Å². The van der Waals surface area contributed by atoms with Crippen LogP contribution in [0, 0.1) is 6.92 Å². The lowest BCUT2D eigenvalue weighted by molar-refractivity contribution is -0.130. The largest absolute Gasteiger partial charge is 0.352 e. The van der Waals surface area contributed by atoms with Crippen LogP contribution in [0.25, 0.3) is 0 Å². The first-order chi connectivity index (χ1) is 8.90. The van der Waals surface area contributed by atoms with Gasteiger partial charge in [0.2, 0.25) is 10.0 Å². The van der Waals surface area contributed by atoms with Crippen LogP contribution < -0.4 is 4.72 Å². The molecule has 0 aliphatic carbocycles. The zero-order valence-electron chi connectivity index (χ0n) is 11.1. The van der Waals surface area contributed by atoms with E-state index in [1.165, 1.54) is 11.3 Å². The Labute approximate surface area is 126 Å². The zero-order chi connectivity index (χ0) is 14.5. The highest BCUT2D eigenvalue weighted by Gasteiger charge is 2.21. The van der Waals surface area contributed by atoms with Crippen LogP contribution in [0.4, 0.5) is 0 Å². The van der Waals surface area contributed by atoms with Crippen molar-refractivity contribution in [3.05, 3.63) is 14.7 Å². The number of halogens is 1. The molecule has 0 bridgehead atoms. The van der Waals surface area contributed by atoms with E-state index >= 15 is 0 Å². The molecule has 8 heteroatoms. The van der Waals surface area contributed by atoms with Gasteiger partial charge in [-0.1, -0.05) is 0 Å². The Hall–Kier alpha value is 0.01000. The Balaban J connectivity index is 2.72. The molecule has 0 aliphatic rings. The van der Waals surface area contributed by atoms with E-state index in [1.54, 1.807) is 13.0 Å². The normalized spacial score (nSPS) is 12.3. The maximum atomic E-state index is 12.1. The first-order valence-electron chi connectivity index (χ1n) is 5.89. The Morgan fingerprint density at radius 1 is 1.37 bits per heavy atom. The second-order valence-electron chi connectivity index (χ2n) is 3.66. The van der Waals surface area contributed by atoms with Crippen LogP contribution in [0.15, 0.2) is 14.7 Å². The summed E-state index contributed by atoms with van der Waals surface area (Å²) >= 11 is 4.67. The molecule has 0 radical (unpaired) electrons. The van der Waals surface area contributed by atoms with Gasteiger partial charge in [0.25, 0.3) is 0 Å². The molecule has 0 aromatic carbocycles. The molecule has 1 aromatic heterocycles. The zero-order valence-corrected chi connectivity index (χ0v) is 14.3. The predicted octanol–water partition coefficient (Wildman–Crippen LogP) is 2.50. The van der Waals surface area contributed by atoms with Crippen molar-refractivity contribution in [3.63, 3.8) is 0 Å². The molecule has 0 spiro atoms. The molecule has 0 fully saturated rings. The van der Waals surface area contributed by atoms with Gasteiger partial charge in [-0.3, -0.25) is 0 Å². The molecule has 0 unspecified atom stereocenters. The summed E-state index contributed by atoms with van der Waals surface area (Å²) < 4.78 is 38.2. The smallest absolute Gasteiger partial charge is 0.241 e. The van der Waals surface area contributed by atoms with Crippen molar-refractivity contribution < 1.29 is 17.9 Å². The summed E-state index contributed by atoms with van der Waals surface area (Å²) in [6, 6.07) is 1.60.